The van der Waals surface area contributed by atoms with Crippen LogP contribution in [-0.4, -0.2) is 26.2 Å². The Labute approximate surface area is 94.3 Å². The van der Waals surface area contributed by atoms with Crippen molar-refractivity contribution >= 4 is 5.69 Å². The zero-order chi connectivity index (χ0) is 11.6. The van der Waals surface area contributed by atoms with E-state index in [4.69, 9.17) is 0 Å². The summed E-state index contributed by atoms with van der Waals surface area (Å²) in [5, 5.41) is 3.21. The first-order chi connectivity index (χ1) is 7.59. The van der Waals surface area contributed by atoms with Gasteiger partial charge in [0.1, 0.15) is 0 Å². The Bertz CT molecular complexity index is 354. The van der Waals surface area contributed by atoms with Gasteiger partial charge in [-0.05, 0) is 6.07 Å². The van der Waals surface area contributed by atoms with E-state index in [1.807, 2.05) is 11.0 Å². The number of hydrogen-bond acceptors (Lipinski definition) is 2. The molecule has 0 aromatic heterocycles. The number of hydrogen-bond donors (Lipinski definition) is 1. The molecule has 2 rings (SSSR count). The van der Waals surface area contributed by atoms with E-state index in [0.717, 1.165) is 33.1 Å². The van der Waals surface area contributed by atoms with Gasteiger partial charge in [-0.1, -0.05) is 18.2 Å². The van der Waals surface area contributed by atoms with Gasteiger partial charge >= 0.3 is 0 Å². The Morgan fingerprint density at radius 2 is 1.81 bits per heavy atom. The summed E-state index contributed by atoms with van der Waals surface area (Å²) in [7, 11) is 0. The molecule has 0 aliphatic carbocycles. The molecule has 1 aromatic carbocycles. The Balaban J connectivity index is 2.32. The molecule has 1 aromatic rings. The largest absolute Gasteiger partial charge is 0.369 e. The third-order valence-electron chi connectivity index (χ3n) is 2.83. The maximum atomic E-state index is 13.4. The number of halogens is 2. The van der Waals surface area contributed by atoms with E-state index in [-0.39, 0.29) is 5.56 Å². The molecule has 1 N–H and O–H groups in total. The molecule has 16 heavy (non-hydrogen) atoms. The maximum absolute atomic E-state index is 13.4. The van der Waals surface area contributed by atoms with E-state index in [9.17, 15) is 8.78 Å². The molecule has 0 saturated carbocycles. The first-order valence-corrected chi connectivity index (χ1v) is 5.52. The normalized spacial score (nSPS) is 17.6. The summed E-state index contributed by atoms with van der Waals surface area (Å²) in [6.45, 7) is 4.22. The van der Waals surface area contributed by atoms with Crippen molar-refractivity contribution in [3.05, 3.63) is 29.8 Å². The highest BCUT2D eigenvalue weighted by Gasteiger charge is 2.29. The molecule has 0 radical (unpaired) electrons. The van der Waals surface area contributed by atoms with E-state index >= 15 is 0 Å². The Hall–Kier alpha value is -1.16. The fraction of sp³-hybridized carbons (Fsp3) is 0.500. The minimum Gasteiger partial charge on any atom is -0.369 e. The van der Waals surface area contributed by atoms with Gasteiger partial charge in [0.05, 0.1) is 0 Å². The average molecular weight is 226 g/mol. The van der Waals surface area contributed by atoms with Crippen LogP contribution in [0, 0.1) is 0 Å². The molecule has 0 amide bonds. The zero-order valence-corrected chi connectivity index (χ0v) is 9.34. The number of anilines is 1. The van der Waals surface area contributed by atoms with Crippen molar-refractivity contribution in [2.45, 2.75) is 12.8 Å². The highest BCUT2D eigenvalue weighted by atomic mass is 19.3. The highest BCUT2D eigenvalue weighted by Crippen LogP contribution is 2.34. The monoisotopic (exact) mass is 226 g/mol. The third-order valence-corrected chi connectivity index (χ3v) is 2.83. The number of rotatable bonds is 2. The van der Waals surface area contributed by atoms with E-state index in [0.29, 0.717) is 5.69 Å². The van der Waals surface area contributed by atoms with Crippen molar-refractivity contribution in [3.8, 4) is 0 Å². The highest BCUT2D eigenvalue weighted by molar-refractivity contribution is 5.55. The van der Waals surface area contributed by atoms with Crippen molar-refractivity contribution in [1.29, 1.82) is 0 Å². The smallest absolute Gasteiger partial charge is 0.272 e. The summed E-state index contributed by atoms with van der Waals surface area (Å²) >= 11 is 0. The number of para-hydroxylation sites is 1. The van der Waals surface area contributed by atoms with Crippen LogP contribution in [-0.2, 0) is 5.92 Å². The molecule has 1 heterocycles. The van der Waals surface area contributed by atoms with Gasteiger partial charge in [-0.25, -0.2) is 8.78 Å². The summed E-state index contributed by atoms with van der Waals surface area (Å²) in [6, 6.07) is 6.76. The van der Waals surface area contributed by atoms with Crippen LogP contribution in [0.15, 0.2) is 24.3 Å². The van der Waals surface area contributed by atoms with Gasteiger partial charge < -0.3 is 10.2 Å². The van der Waals surface area contributed by atoms with Gasteiger partial charge in [-0.15, -0.1) is 0 Å². The minimum absolute atomic E-state index is 0.122. The van der Waals surface area contributed by atoms with E-state index in [2.05, 4.69) is 5.32 Å². The van der Waals surface area contributed by atoms with Gasteiger partial charge in [-0.2, -0.15) is 0 Å². The van der Waals surface area contributed by atoms with E-state index in [1.54, 1.807) is 12.1 Å². The second-order valence-electron chi connectivity index (χ2n) is 4.14. The van der Waals surface area contributed by atoms with Crippen molar-refractivity contribution in [2.24, 2.45) is 0 Å². The van der Waals surface area contributed by atoms with Crippen molar-refractivity contribution in [1.82, 2.24) is 5.32 Å². The Morgan fingerprint density at radius 1 is 1.19 bits per heavy atom. The van der Waals surface area contributed by atoms with Gasteiger partial charge in [-0.3, -0.25) is 0 Å². The van der Waals surface area contributed by atoms with Crippen LogP contribution >= 0.6 is 0 Å². The lowest BCUT2D eigenvalue weighted by molar-refractivity contribution is 0.0179. The standard InChI is InChI=1S/C12H16F2N2/c1-12(13,14)10-4-2-3-5-11(10)16-8-6-15-7-9-16/h2-5,15H,6-9H2,1H3. The molecule has 1 aliphatic rings. The van der Waals surface area contributed by atoms with Gasteiger partial charge in [0, 0.05) is 44.4 Å². The first-order valence-electron chi connectivity index (χ1n) is 5.52. The van der Waals surface area contributed by atoms with Crippen molar-refractivity contribution in [2.75, 3.05) is 31.1 Å². The molecule has 0 spiro atoms. The minimum atomic E-state index is -2.78. The van der Waals surface area contributed by atoms with Crippen molar-refractivity contribution < 1.29 is 8.78 Å². The van der Waals surface area contributed by atoms with Gasteiger partial charge in [0.2, 0.25) is 0 Å². The van der Waals surface area contributed by atoms with Crippen LogP contribution in [0.25, 0.3) is 0 Å². The molecule has 0 bridgehead atoms. The maximum Gasteiger partial charge on any atom is 0.272 e. The lowest BCUT2D eigenvalue weighted by Crippen LogP contribution is -2.44. The summed E-state index contributed by atoms with van der Waals surface area (Å²) in [4.78, 5) is 2.02. The predicted molar refractivity (Wildman–Crippen MR) is 61.1 cm³/mol. The molecular weight excluding hydrogens is 210 g/mol. The number of nitrogens with one attached hydrogen (secondary N) is 1. The number of alkyl halides is 2. The van der Waals surface area contributed by atoms with Gasteiger partial charge in [0.15, 0.2) is 0 Å². The molecular formula is C12H16F2N2. The SMILES string of the molecule is CC(F)(F)c1ccccc1N1CCNCC1. The van der Waals surface area contributed by atoms with Gasteiger partial charge in [0.25, 0.3) is 5.92 Å². The average Bonchev–Trinajstić information content (AvgIpc) is 2.29. The fourth-order valence-corrected chi connectivity index (χ4v) is 2.03. The summed E-state index contributed by atoms with van der Waals surface area (Å²) in [6.07, 6.45) is 0. The fourth-order valence-electron chi connectivity index (χ4n) is 2.03. The second-order valence-corrected chi connectivity index (χ2v) is 4.14. The van der Waals surface area contributed by atoms with Crippen LogP contribution in [0.3, 0.4) is 0 Å². The molecule has 88 valence electrons. The lowest BCUT2D eigenvalue weighted by Gasteiger charge is -2.32. The van der Waals surface area contributed by atoms with Crippen LogP contribution in [0.1, 0.15) is 12.5 Å². The quantitative estimate of drug-likeness (QED) is 0.831. The van der Waals surface area contributed by atoms with Crippen LogP contribution in [0.2, 0.25) is 0 Å². The zero-order valence-electron chi connectivity index (χ0n) is 9.34. The van der Waals surface area contributed by atoms with E-state index < -0.39 is 5.92 Å². The molecule has 0 unspecified atom stereocenters. The van der Waals surface area contributed by atoms with E-state index in [1.165, 1.54) is 6.07 Å². The van der Waals surface area contributed by atoms with Crippen LogP contribution in [0.5, 0.6) is 0 Å². The Morgan fingerprint density at radius 3 is 2.44 bits per heavy atom. The first kappa shape index (κ1) is 11.3. The summed E-state index contributed by atoms with van der Waals surface area (Å²) in [5.74, 6) is -2.78. The molecule has 0 atom stereocenters. The number of piperazine rings is 1. The molecule has 1 fully saturated rings. The number of benzene rings is 1. The molecule has 1 saturated heterocycles. The second kappa shape index (κ2) is 4.37. The summed E-state index contributed by atoms with van der Waals surface area (Å²) < 4.78 is 26.9. The molecule has 4 heteroatoms. The van der Waals surface area contributed by atoms with Crippen LogP contribution < -0.4 is 10.2 Å². The predicted octanol–water partition coefficient (Wildman–Crippen LogP) is 2.21. The third kappa shape index (κ3) is 2.32. The van der Waals surface area contributed by atoms with Crippen LogP contribution in [0.4, 0.5) is 14.5 Å². The molecule has 1 aliphatic heterocycles. The topological polar surface area (TPSA) is 15.3 Å². The lowest BCUT2D eigenvalue weighted by atomic mass is 10.1. The van der Waals surface area contributed by atoms with Crippen molar-refractivity contribution in [3.63, 3.8) is 0 Å². The number of nitrogens with zero attached hydrogens (tertiary/aromatic N) is 1. The Kier molecular flexibility index (Phi) is 3.10. The molecule has 2 nitrogen and oxygen atoms in total. The summed E-state index contributed by atoms with van der Waals surface area (Å²) in [5.41, 5.74) is 0.786.